The van der Waals surface area contributed by atoms with Gasteiger partial charge in [0.1, 0.15) is 0 Å². The van der Waals surface area contributed by atoms with Gasteiger partial charge in [-0.3, -0.25) is 0 Å². The predicted molar refractivity (Wildman–Crippen MR) is 84.0 cm³/mol. The van der Waals surface area contributed by atoms with Crippen molar-refractivity contribution in [2.45, 2.75) is 32.7 Å². The molecular weight excluding hydrogens is 359 g/mol. The van der Waals surface area contributed by atoms with E-state index < -0.39 is 0 Å². The van der Waals surface area contributed by atoms with Crippen LogP contribution in [-0.2, 0) is 6.42 Å². The summed E-state index contributed by atoms with van der Waals surface area (Å²) in [6.07, 6.45) is 3.77. The monoisotopic (exact) mass is 376 g/mol. The van der Waals surface area contributed by atoms with Crippen molar-refractivity contribution < 1.29 is 4.42 Å². The molecule has 0 saturated heterocycles. The maximum atomic E-state index is 5.75. The summed E-state index contributed by atoms with van der Waals surface area (Å²) in [5.41, 5.74) is 1.13. The molecule has 0 fully saturated rings. The molecule has 0 atom stereocenters. The van der Waals surface area contributed by atoms with Gasteiger partial charge in [-0.2, -0.15) is 0 Å². The van der Waals surface area contributed by atoms with E-state index in [1.165, 1.54) is 2.88 Å². The minimum absolute atomic E-state index is 0.540. The SMILES string of the molecule is CC(C)NCCCc1ncc(-c2csc(I)c2)o1. The molecule has 2 rings (SSSR count). The van der Waals surface area contributed by atoms with Crippen molar-refractivity contribution in [1.29, 1.82) is 0 Å². The summed E-state index contributed by atoms with van der Waals surface area (Å²) < 4.78 is 7.02. The Bertz CT molecular complexity index is 493. The third kappa shape index (κ3) is 4.07. The van der Waals surface area contributed by atoms with Crippen LogP contribution < -0.4 is 5.32 Å². The van der Waals surface area contributed by atoms with Crippen LogP contribution in [-0.4, -0.2) is 17.6 Å². The Balaban J connectivity index is 1.86. The molecule has 0 radical (unpaired) electrons. The van der Waals surface area contributed by atoms with Crippen LogP contribution in [0.4, 0.5) is 0 Å². The zero-order valence-electron chi connectivity index (χ0n) is 10.6. The standard InChI is InChI=1S/C13H17IN2OS/c1-9(2)15-5-3-4-13-16-7-11(17-13)10-6-12(14)18-8-10/h6-9,15H,3-5H2,1-2H3. The quantitative estimate of drug-likeness (QED) is 0.613. The molecule has 0 unspecified atom stereocenters. The minimum Gasteiger partial charge on any atom is -0.441 e. The summed E-state index contributed by atoms with van der Waals surface area (Å²) in [7, 11) is 0. The van der Waals surface area contributed by atoms with Crippen molar-refractivity contribution in [1.82, 2.24) is 10.3 Å². The van der Waals surface area contributed by atoms with Crippen LogP contribution in [0.15, 0.2) is 22.1 Å². The van der Waals surface area contributed by atoms with E-state index in [1.54, 1.807) is 11.3 Å². The molecule has 98 valence electrons. The number of aryl methyl sites for hydroxylation is 1. The largest absolute Gasteiger partial charge is 0.441 e. The number of nitrogens with zero attached hydrogens (tertiary/aromatic N) is 1. The highest BCUT2D eigenvalue weighted by Crippen LogP contribution is 2.27. The highest BCUT2D eigenvalue weighted by atomic mass is 127. The first kappa shape index (κ1) is 14.0. The summed E-state index contributed by atoms with van der Waals surface area (Å²) in [6, 6.07) is 2.66. The number of thiophene rings is 1. The van der Waals surface area contributed by atoms with Gasteiger partial charge >= 0.3 is 0 Å². The van der Waals surface area contributed by atoms with Crippen LogP contribution in [0.25, 0.3) is 11.3 Å². The van der Waals surface area contributed by atoms with Crippen molar-refractivity contribution >= 4 is 33.9 Å². The molecule has 0 aliphatic heterocycles. The fourth-order valence-electron chi connectivity index (χ4n) is 1.63. The zero-order chi connectivity index (χ0) is 13.0. The summed E-state index contributed by atoms with van der Waals surface area (Å²) in [5, 5.41) is 5.49. The van der Waals surface area contributed by atoms with Crippen LogP contribution in [0.1, 0.15) is 26.2 Å². The lowest BCUT2D eigenvalue weighted by atomic mass is 10.3. The number of aromatic nitrogens is 1. The van der Waals surface area contributed by atoms with Gasteiger partial charge in [-0.1, -0.05) is 13.8 Å². The first-order chi connectivity index (χ1) is 8.65. The fourth-order valence-corrected chi connectivity index (χ4v) is 2.96. The summed E-state index contributed by atoms with van der Waals surface area (Å²) in [6.45, 7) is 5.31. The first-order valence-electron chi connectivity index (χ1n) is 6.07. The van der Waals surface area contributed by atoms with Gasteiger partial charge in [-0.25, -0.2) is 4.98 Å². The fraction of sp³-hybridized carbons (Fsp3) is 0.462. The van der Waals surface area contributed by atoms with Gasteiger partial charge in [0.15, 0.2) is 11.7 Å². The van der Waals surface area contributed by atoms with E-state index in [0.717, 1.165) is 36.6 Å². The number of oxazole rings is 1. The van der Waals surface area contributed by atoms with Crippen LogP contribution >= 0.6 is 33.9 Å². The number of nitrogens with one attached hydrogen (secondary N) is 1. The van der Waals surface area contributed by atoms with Gasteiger partial charge in [-0.15, -0.1) is 11.3 Å². The second kappa shape index (κ2) is 6.68. The summed E-state index contributed by atoms with van der Waals surface area (Å²) in [4.78, 5) is 4.33. The Morgan fingerprint density at radius 1 is 1.50 bits per heavy atom. The smallest absolute Gasteiger partial charge is 0.194 e. The maximum absolute atomic E-state index is 5.75. The average molecular weight is 376 g/mol. The molecule has 1 N–H and O–H groups in total. The molecule has 3 nitrogen and oxygen atoms in total. The molecule has 0 spiro atoms. The molecule has 18 heavy (non-hydrogen) atoms. The minimum atomic E-state index is 0.540. The Hall–Kier alpha value is -0.400. The molecule has 0 saturated carbocycles. The van der Waals surface area contributed by atoms with Crippen LogP contribution in [0, 0.1) is 2.88 Å². The number of hydrogen-bond donors (Lipinski definition) is 1. The van der Waals surface area contributed by atoms with Gasteiger partial charge < -0.3 is 9.73 Å². The second-order valence-electron chi connectivity index (χ2n) is 4.47. The van der Waals surface area contributed by atoms with Crippen LogP contribution in [0.2, 0.25) is 0 Å². The lowest BCUT2D eigenvalue weighted by Crippen LogP contribution is -2.23. The van der Waals surface area contributed by atoms with Crippen molar-refractivity contribution in [3.63, 3.8) is 0 Å². The molecule has 0 bridgehead atoms. The third-order valence-electron chi connectivity index (χ3n) is 2.53. The highest BCUT2D eigenvalue weighted by molar-refractivity contribution is 14.1. The number of rotatable bonds is 6. The van der Waals surface area contributed by atoms with E-state index >= 15 is 0 Å². The van der Waals surface area contributed by atoms with Crippen molar-refractivity contribution in [2.75, 3.05) is 6.54 Å². The molecule has 0 aromatic carbocycles. The Morgan fingerprint density at radius 3 is 3.00 bits per heavy atom. The van der Waals surface area contributed by atoms with Gasteiger partial charge in [0.25, 0.3) is 0 Å². The predicted octanol–water partition coefficient (Wildman–Crippen LogP) is 3.94. The third-order valence-corrected chi connectivity index (χ3v) is 4.31. The molecule has 2 aromatic rings. The molecular formula is C13H17IN2OS. The van der Waals surface area contributed by atoms with Crippen molar-refractivity contribution in [2.24, 2.45) is 0 Å². The summed E-state index contributed by atoms with van der Waals surface area (Å²) in [5.74, 6) is 1.71. The molecule has 2 aromatic heterocycles. The Kier molecular flexibility index (Phi) is 5.20. The van der Waals surface area contributed by atoms with Gasteiger partial charge in [-0.05, 0) is 41.6 Å². The van der Waals surface area contributed by atoms with Crippen molar-refractivity contribution in [3.05, 3.63) is 26.4 Å². The lowest BCUT2D eigenvalue weighted by Gasteiger charge is -2.05. The van der Waals surface area contributed by atoms with E-state index in [1.807, 2.05) is 6.20 Å². The van der Waals surface area contributed by atoms with Gasteiger partial charge in [0.05, 0.1) is 9.08 Å². The molecule has 0 aliphatic rings. The Morgan fingerprint density at radius 2 is 2.33 bits per heavy atom. The van der Waals surface area contributed by atoms with E-state index in [9.17, 15) is 0 Å². The van der Waals surface area contributed by atoms with E-state index in [-0.39, 0.29) is 0 Å². The van der Waals surface area contributed by atoms with E-state index in [0.29, 0.717) is 6.04 Å². The van der Waals surface area contributed by atoms with Gasteiger partial charge in [0, 0.05) is 23.4 Å². The Labute approximate surface area is 125 Å². The topological polar surface area (TPSA) is 38.1 Å². The van der Waals surface area contributed by atoms with Crippen molar-refractivity contribution in [3.8, 4) is 11.3 Å². The van der Waals surface area contributed by atoms with E-state index in [4.69, 9.17) is 4.42 Å². The lowest BCUT2D eigenvalue weighted by molar-refractivity contribution is 0.484. The molecule has 0 aliphatic carbocycles. The highest BCUT2D eigenvalue weighted by Gasteiger charge is 2.07. The first-order valence-corrected chi connectivity index (χ1v) is 8.03. The number of halogens is 1. The molecule has 5 heteroatoms. The van der Waals surface area contributed by atoms with E-state index in [2.05, 4.69) is 58.2 Å². The molecule has 0 amide bonds. The summed E-state index contributed by atoms with van der Waals surface area (Å²) >= 11 is 4.04. The van der Waals surface area contributed by atoms with Crippen LogP contribution in [0.5, 0.6) is 0 Å². The maximum Gasteiger partial charge on any atom is 0.194 e. The number of hydrogen-bond acceptors (Lipinski definition) is 4. The normalized spacial score (nSPS) is 11.3. The van der Waals surface area contributed by atoms with Gasteiger partial charge in [0.2, 0.25) is 0 Å². The molecule has 2 heterocycles. The average Bonchev–Trinajstić information content (AvgIpc) is 2.93. The van der Waals surface area contributed by atoms with Crippen LogP contribution in [0.3, 0.4) is 0 Å². The zero-order valence-corrected chi connectivity index (χ0v) is 13.5. The second-order valence-corrected chi connectivity index (χ2v) is 7.28.